The molecule has 6 nitrogen and oxygen atoms in total. The number of carbonyl (C=O) groups excluding carboxylic acids is 2. The molecule has 0 saturated heterocycles. The molecule has 2 rings (SSSR count). The fourth-order valence-corrected chi connectivity index (χ4v) is 3.96. The summed E-state index contributed by atoms with van der Waals surface area (Å²) >= 11 is 0. The van der Waals surface area contributed by atoms with Crippen molar-refractivity contribution in [3.05, 3.63) is 0 Å². The van der Waals surface area contributed by atoms with Gasteiger partial charge in [-0.05, 0) is 50.4 Å². The lowest BCUT2D eigenvalue weighted by molar-refractivity contribution is -0.124. The van der Waals surface area contributed by atoms with E-state index in [0.717, 1.165) is 0 Å². The summed E-state index contributed by atoms with van der Waals surface area (Å²) in [7, 11) is 0. The van der Waals surface area contributed by atoms with Gasteiger partial charge >= 0.3 is 0 Å². The smallest absolute Gasteiger partial charge is 0.224 e. The maximum atomic E-state index is 11.6. The predicted molar refractivity (Wildman–Crippen MR) is 102 cm³/mol. The highest BCUT2D eigenvalue weighted by Crippen LogP contribution is 2.58. The van der Waals surface area contributed by atoms with Crippen molar-refractivity contribution in [2.75, 3.05) is 13.2 Å². The minimum absolute atomic E-state index is 0.0000926. The van der Waals surface area contributed by atoms with Crippen LogP contribution in [0.4, 0.5) is 0 Å². The number of rotatable bonds is 6. The van der Waals surface area contributed by atoms with Gasteiger partial charge in [-0.1, -0.05) is 27.7 Å². The van der Waals surface area contributed by atoms with Crippen LogP contribution in [0.1, 0.15) is 55.4 Å². The maximum absolute atomic E-state index is 11.6. The van der Waals surface area contributed by atoms with Crippen LogP contribution in [-0.4, -0.2) is 47.3 Å². The zero-order valence-electron chi connectivity index (χ0n) is 17.6. The molecule has 0 aromatic rings. The van der Waals surface area contributed by atoms with E-state index in [1.807, 2.05) is 55.4 Å². The SMILES string of the molecule is CC(C)NC(=O)[C@@H]1[C@H](CO)C1(C)C.CC(C)NC(=O)[C@@H]1[C@H](CO)C1(C)C. The number of carbonyl (C=O) groups is 2. The number of aliphatic hydroxyl groups excluding tert-OH is 2. The van der Waals surface area contributed by atoms with Crippen molar-refractivity contribution in [3.63, 3.8) is 0 Å². The molecule has 0 bridgehead atoms. The molecule has 0 spiro atoms. The van der Waals surface area contributed by atoms with Crippen molar-refractivity contribution in [2.45, 2.75) is 67.5 Å². The van der Waals surface area contributed by atoms with Crippen LogP contribution in [0.25, 0.3) is 0 Å². The lowest BCUT2D eigenvalue weighted by Gasteiger charge is -2.08. The lowest BCUT2D eigenvalue weighted by Crippen LogP contribution is -2.32. The number of nitrogens with one attached hydrogen (secondary N) is 2. The third kappa shape index (κ3) is 4.97. The third-order valence-corrected chi connectivity index (χ3v) is 5.92. The van der Waals surface area contributed by atoms with Gasteiger partial charge in [0.05, 0.1) is 0 Å². The van der Waals surface area contributed by atoms with E-state index < -0.39 is 0 Å². The zero-order chi connectivity index (χ0) is 20.4. The number of hydrogen-bond acceptors (Lipinski definition) is 4. The molecule has 0 aromatic heterocycles. The van der Waals surface area contributed by atoms with E-state index in [-0.39, 0.29) is 71.6 Å². The molecule has 26 heavy (non-hydrogen) atoms. The van der Waals surface area contributed by atoms with Gasteiger partial charge in [-0.15, -0.1) is 0 Å². The van der Waals surface area contributed by atoms with Crippen molar-refractivity contribution < 1.29 is 19.8 Å². The predicted octanol–water partition coefficient (Wildman–Crippen LogP) is 1.55. The van der Waals surface area contributed by atoms with Crippen LogP contribution in [0, 0.1) is 34.5 Å². The highest BCUT2D eigenvalue weighted by atomic mass is 16.3. The summed E-state index contributed by atoms with van der Waals surface area (Å²) < 4.78 is 0. The largest absolute Gasteiger partial charge is 0.396 e. The molecule has 2 aliphatic carbocycles. The Kier molecular flexibility index (Phi) is 7.27. The van der Waals surface area contributed by atoms with Crippen molar-refractivity contribution in [1.82, 2.24) is 10.6 Å². The highest BCUT2D eigenvalue weighted by Gasteiger charge is 2.61. The van der Waals surface area contributed by atoms with Gasteiger partial charge in [0.2, 0.25) is 11.8 Å². The summed E-state index contributed by atoms with van der Waals surface area (Å²) in [5, 5.41) is 23.8. The van der Waals surface area contributed by atoms with Crippen molar-refractivity contribution >= 4 is 11.8 Å². The highest BCUT2D eigenvalue weighted by molar-refractivity contribution is 5.83. The molecule has 2 fully saturated rings. The molecule has 0 aromatic carbocycles. The van der Waals surface area contributed by atoms with Gasteiger partial charge in [-0.2, -0.15) is 0 Å². The molecule has 0 radical (unpaired) electrons. The van der Waals surface area contributed by atoms with Crippen LogP contribution in [0.15, 0.2) is 0 Å². The first-order valence-electron chi connectivity index (χ1n) is 9.64. The van der Waals surface area contributed by atoms with Crippen LogP contribution < -0.4 is 10.6 Å². The van der Waals surface area contributed by atoms with Crippen molar-refractivity contribution in [1.29, 1.82) is 0 Å². The van der Waals surface area contributed by atoms with E-state index in [1.54, 1.807) is 0 Å². The number of hydrogen-bond donors (Lipinski definition) is 4. The minimum atomic E-state index is -0.0201. The van der Waals surface area contributed by atoms with Crippen molar-refractivity contribution in [2.24, 2.45) is 34.5 Å². The van der Waals surface area contributed by atoms with E-state index in [4.69, 9.17) is 10.2 Å². The summed E-state index contributed by atoms with van der Waals surface area (Å²) in [6.07, 6.45) is 0. The molecule has 152 valence electrons. The zero-order valence-corrected chi connectivity index (χ0v) is 17.6. The topological polar surface area (TPSA) is 98.7 Å². The molecular formula is C20H38N2O4. The van der Waals surface area contributed by atoms with Crippen LogP contribution in [-0.2, 0) is 9.59 Å². The Balaban J connectivity index is 0.000000260. The Morgan fingerprint density at radius 2 is 1.04 bits per heavy atom. The Bertz CT molecular complexity index is 468. The average Bonchev–Trinajstić information content (AvgIpc) is 3.25. The Morgan fingerprint density at radius 3 is 1.19 bits per heavy atom. The van der Waals surface area contributed by atoms with Crippen molar-refractivity contribution in [3.8, 4) is 0 Å². The van der Waals surface area contributed by atoms with E-state index in [1.165, 1.54) is 0 Å². The van der Waals surface area contributed by atoms with Gasteiger partial charge in [0, 0.05) is 37.1 Å². The van der Waals surface area contributed by atoms with Gasteiger partial charge in [-0.25, -0.2) is 0 Å². The van der Waals surface area contributed by atoms with Gasteiger partial charge in [-0.3, -0.25) is 9.59 Å². The second kappa shape index (κ2) is 8.26. The van der Waals surface area contributed by atoms with Gasteiger partial charge in [0.1, 0.15) is 0 Å². The Labute approximate surface area is 158 Å². The van der Waals surface area contributed by atoms with E-state index in [9.17, 15) is 9.59 Å². The third-order valence-electron chi connectivity index (χ3n) is 5.92. The van der Waals surface area contributed by atoms with Crippen LogP contribution >= 0.6 is 0 Å². The summed E-state index contributed by atoms with van der Waals surface area (Å²) in [4.78, 5) is 23.2. The standard InChI is InChI=1S/2C10H19NO2/c2*1-6(2)11-9(13)8-7(5-12)10(8,3)4/h2*6-8,12H,5H2,1-4H3,(H,11,13)/t2*7-,8-/m00/s1. The molecule has 2 saturated carbocycles. The van der Waals surface area contributed by atoms with E-state index >= 15 is 0 Å². The molecule has 0 unspecified atom stereocenters. The number of aliphatic hydroxyl groups is 2. The molecule has 2 aliphatic rings. The molecule has 4 atom stereocenters. The normalized spacial score (nSPS) is 30.3. The van der Waals surface area contributed by atoms with Gasteiger partial charge in [0.25, 0.3) is 0 Å². The average molecular weight is 371 g/mol. The summed E-state index contributed by atoms with van der Waals surface area (Å²) in [6.45, 7) is 16.1. The van der Waals surface area contributed by atoms with Crippen LogP contribution in [0.2, 0.25) is 0 Å². The van der Waals surface area contributed by atoms with Gasteiger partial charge < -0.3 is 20.8 Å². The Hall–Kier alpha value is -1.14. The Morgan fingerprint density at radius 1 is 0.769 bits per heavy atom. The fraction of sp³-hybridized carbons (Fsp3) is 0.900. The molecule has 4 N–H and O–H groups in total. The van der Waals surface area contributed by atoms with Gasteiger partial charge in [0.15, 0.2) is 0 Å². The second-order valence-corrected chi connectivity index (χ2v) is 9.50. The first kappa shape index (κ1) is 22.9. The molecular weight excluding hydrogens is 332 g/mol. The van der Waals surface area contributed by atoms with E-state index in [0.29, 0.717) is 0 Å². The number of amides is 2. The van der Waals surface area contributed by atoms with Crippen LogP contribution in [0.3, 0.4) is 0 Å². The lowest BCUT2D eigenvalue weighted by atomic mass is 10.1. The first-order chi connectivity index (χ1) is 11.8. The fourth-order valence-electron chi connectivity index (χ4n) is 3.96. The quantitative estimate of drug-likeness (QED) is 0.570. The van der Waals surface area contributed by atoms with Crippen LogP contribution in [0.5, 0.6) is 0 Å². The monoisotopic (exact) mass is 370 g/mol. The second-order valence-electron chi connectivity index (χ2n) is 9.50. The van der Waals surface area contributed by atoms with E-state index in [2.05, 4.69) is 10.6 Å². The maximum Gasteiger partial charge on any atom is 0.224 e. The molecule has 0 aliphatic heterocycles. The summed E-state index contributed by atoms with van der Waals surface area (Å²) in [6, 6.07) is 0.367. The molecule has 2 amide bonds. The summed E-state index contributed by atoms with van der Waals surface area (Å²) in [5.74, 6) is 0.454. The molecule has 6 heteroatoms. The minimum Gasteiger partial charge on any atom is -0.396 e. The summed E-state index contributed by atoms with van der Waals surface area (Å²) in [5.41, 5.74) is -0.0402. The first-order valence-corrected chi connectivity index (χ1v) is 9.64. The molecule has 0 heterocycles.